The molecule has 0 amide bonds. The van der Waals surface area contributed by atoms with Gasteiger partial charge in [-0.15, -0.1) is 0 Å². The standard InChI is InChI=1S/C16H10O3.C13H8O3/c1-2-9-18-11-7-8-13-15(10-11)19-14-6-4-3-5-12(14)16(13)17;14-8-5-6-10-12(7-8)16-11-4-2-1-3-9(11)13(10)15/h3-8,10H,1H3;1-7,14H. The SMILES string of the molecule is CC#COc1ccc2c(=O)c3ccccc3oc2c1.O=c1c2ccccc2oc2cc(O)ccc12. The summed E-state index contributed by atoms with van der Waals surface area (Å²) in [5.74, 6) is 3.29. The molecule has 1 N–H and O–H groups in total. The highest BCUT2D eigenvalue weighted by molar-refractivity contribution is 5.91. The van der Waals surface area contributed by atoms with Gasteiger partial charge in [-0.2, -0.15) is 0 Å². The lowest BCUT2D eigenvalue weighted by Gasteiger charge is -2.02. The van der Waals surface area contributed by atoms with E-state index in [9.17, 15) is 14.7 Å². The number of hydrogen-bond donors (Lipinski definition) is 1. The molecule has 0 radical (unpaired) electrons. The zero-order valence-electron chi connectivity index (χ0n) is 18.6. The van der Waals surface area contributed by atoms with Gasteiger partial charge >= 0.3 is 0 Å². The van der Waals surface area contributed by atoms with E-state index in [0.29, 0.717) is 49.6 Å². The van der Waals surface area contributed by atoms with Gasteiger partial charge in [-0.1, -0.05) is 30.2 Å². The summed E-state index contributed by atoms with van der Waals surface area (Å²) in [5.41, 5.74) is 1.90. The number of rotatable bonds is 1. The molecular formula is C29H18O6. The minimum atomic E-state index is -0.0724. The second-order valence-electron chi connectivity index (χ2n) is 7.65. The van der Waals surface area contributed by atoms with Gasteiger partial charge in [0.25, 0.3) is 0 Å². The molecule has 0 unspecified atom stereocenters. The quantitative estimate of drug-likeness (QED) is 0.240. The number of aromatic hydroxyl groups is 1. The summed E-state index contributed by atoms with van der Waals surface area (Å²) in [6.07, 6.45) is 2.51. The van der Waals surface area contributed by atoms with Crippen LogP contribution in [-0.4, -0.2) is 5.11 Å². The number of phenols is 1. The number of benzene rings is 4. The number of ether oxygens (including phenoxy) is 1. The van der Waals surface area contributed by atoms with Gasteiger partial charge in [0, 0.05) is 19.1 Å². The molecule has 0 saturated heterocycles. The van der Waals surface area contributed by atoms with Crippen LogP contribution in [0, 0.1) is 12.0 Å². The highest BCUT2D eigenvalue weighted by atomic mass is 16.5. The Morgan fingerprint density at radius 3 is 1.77 bits per heavy atom. The predicted molar refractivity (Wildman–Crippen MR) is 136 cm³/mol. The zero-order chi connectivity index (χ0) is 24.4. The van der Waals surface area contributed by atoms with Crippen LogP contribution >= 0.6 is 0 Å². The molecule has 6 rings (SSSR count). The van der Waals surface area contributed by atoms with Crippen molar-refractivity contribution in [2.45, 2.75) is 6.92 Å². The minimum absolute atomic E-state index is 0.0371. The Labute approximate surface area is 198 Å². The average Bonchev–Trinajstić information content (AvgIpc) is 2.88. The van der Waals surface area contributed by atoms with E-state index in [1.165, 1.54) is 12.1 Å². The van der Waals surface area contributed by atoms with Crippen molar-refractivity contribution in [3.05, 3.63) is 105 Å². The normalized spacial score (nSPS) is 10.5. The third kappa shape index (κ3) is 4.19. The van der Waals surface area contributed by atoms with Crippen LogP contribution in [0.3, 0.4) is 0 Å². The molecule has 0 saturated carbocycles. The third-order valence-corrected chi connectivity index (χ3v) is 5.38. The van der Waals surface area contributed by atoms with Crippen molar-refractivity contribution in [3.63, 3.8) is 0 Å². The molecule has 0 aliphatic carbocycles. The maximum atomic E-state index is 12.3. The maximum absolute atomic E-state index is 12.3. The largest absolute Gasteiger partial charge is 0.508 e. The molecular weight excluding hydrogens is 444 g/mol. The van der Waals surface area contributed by atoms with Crippen LogP contribution < -0.4 is 15.6 Å². The summed E-state index contributed by atoms with van der Waals surface area (Å²) >= 11 is 0. The maximum Gasteiger partial charge on any atom is 0.200 e. The second kappa shape index (κ2) is 9.08. The Kier molecular flexibility index (Phi) is 5.66. The number of fused-ring (bicyclic) bond motifs is 4. The van der Waals surface area contributed by atoms with Gasteiger partial charge in [0.1, 0.15) is 39.9 Å². The molecule has 0 bridgehead atoms. The number of phenolic OH excluding ortho intramolecular Hbond substituents is 1. The van der Waals surface area contributed by atoms with Crippen LogP contribution in [0.25, 0.3) is 43.9 Å². The number of hydrogen-bond acceptors (Lipinski definition) is 6. The van der Waals surface area contributed by atoms with E-state index in [0.717, 1.165) is 0 Å². The molecule has 2 aromatic heterocycles. The lowest BCUT2D eigenvalue weighted by atomic mass is 10.1. The minimum Gasteiger partial charge on any atom is -0.508 e. The van der Waals surface area contributed by atoms with E-state index in [-0.39, 0.29) is 16.6 Å². The molecule has 2 heterocycles. The highest BCUT2D eigenvalue weighted by Crippen LogP contribution is 2.23. The lowest BCUT2D eigenvalue weighted by molar-refractivity contribution is 0.474. The van der Waals surface area contributed by atoms with Gasteiger partial charge in [0.2, 0.25) is 10.9 Å². The first-order chi connectivity index (χ1) is 17.0. The van der Waals surface area contributed by atoms with E-state index in [2.05, 4.69) is 12.0 Å². The van der Waals surface area contributed by atoms with E-state index in [1.54, 1.807) is 67.6 Å². The molecule has 6 heteroatoms. The summed E-state index contributed by atoms with van der Waals surface area (Å²) < 4.78 is 16.5. The van der Waals surface area contributed by atoms with E-state index < -0.39 is 0 Å². The van der Waals surface area contributed by atoms with Gasteiger partial charge in [0.05, 0.1) is 21.5 Å². The van der Waals surface area contributed by atoms with Crippen molar-refractivity contribution in [3.8, 4) is 23.5 Å². The van der Waals surface area contributed by atoms with Crippen LogP contribution in [-0.2, 0) is 0 Å². The topological polar surface area (TPSA) is 89.9 Å². The first-order valence-electron chi connectivity index (χ1n) is 10.7. The third-order valence-electron chi connectivity index (χ3n) is 5.38. The van der Waals surface area contributed by atoms with Gasteiger partial charge in [-0.25, -0.2) is 0 Å². The van der Waals surface area contributed by atoms with E-state index >= 15 is 0 Å². The summed E-state index contributed by atoms with van der Waals surface area (Å²) in [5, 5.41) is 11.5. The molecule has 0 atom stereocenters. The number of para-hydroxylation sites is 2. The van der Waals surface area contributed by atoms with Gasteiger partial charge in [-0.3, -0.25) is 9.59 Å². The Hall–Kier alpha value is -5.02. The van der Waals surface area contributed by atoms with Crippen LogP contribution in [0.15, 0.2) is 103 Å². The van der Waals surface area contributed by atoms with Crippen molar-refractivity contribution < 1.29 is 18.7 Å². The Bertz CT molecular complexity index is 1900. The summed E-state index contributed by atoms with van der Waals surface area (Å²) in [7, 11) is 0. The van der Waals surface area contributed by atoms with Crippen molar-refractivity contribution in [1.29, 1.82) is 0 Å². The molecule has 6 nitrogen and oxygen atoms in total. The summed E-state index contributed by atoms with van der Waals surface area (Å²) in [6, 6.07) is 23.8. The second-order valence-corrected chi connectivity index (χ2v) is 7.65. The molecule has 0 fully saturated rings. The Balaban J connectivity index is 0.000000147. The predicted octanol–water partition coefficient (Wildman–Crippen LogP) is 5.96. The molecule has 0 spiro atoms. The first kappa shape index (κ1) is 21.8. The van der Waals surface area contributed by atoms with Crippen LogP contribution in [0.5, 0.6) is 11.5 Å². The summed E-state index contributed by atoms with van der Waals surface area (Å²) in [4.78, 5) is 24.3. The molecule has 170 valence electrons. The van der Waals surface area contributed by atoms with Crippen LogP contribution in [0.4, 0.5) is 0 Å². The molecule has 0 aliphatic heterocycles. The molecule has 6 aromatic rings. The highest BCUT2D eigenvalue weighted by Gasteiger charge is 2.08. The Morgan fingerprint density at radius 1 is 0.657 bits per heavy atom. The van der Waals surface area contributed by atoms with Crippen molar-refractivity contribution in [2.24, 2.45) is 0 Å². The van der Waals surface area contributed by atoms with Crippen molar-refractivity contribution >= 4 is 43.9 Å². The molecule has 4 aromatic carbocycles. The first-order valence-corrected chi connectivity index (χ1v) is 10.7. The lowest BCUT2D eigenvalue weighted by Crippen LogP contribution is -2.01. The zero-order valence-corrected chi connectivity index (χ0v) is 18.6. The van der Waals surface area contributed by atoms with Crippen molar-refractivity contribution in [1.82, 2.24) is 0 Å². The fraction of sp³-hybridized carbons (Fsp3) is 0.0345. The summed E-state index contributed by atoms with van der Waals surface area (Å²) in [6.45, 7) is 1.69. The average molecular weight is 462 g/mol. The van der Waals surface area contributed by atoms with Crippen molar-refractivity contribution in [2.75, 3.05) is 0 Å². The smallest absolute Gasteiger partial charge is 0.200 e. The van der Waals surface area contributed by atoms with Gasteiger partial charge in [0.15, 0.2) is 0 Å². The fourth-order valence-electron chi connectivity index (χ4n) is 3.74. The molecule has 35 heavy (non-hydrogen) atoms. The monoisotopic (exact) mass is 462 g/mol. The van der Waals surface area contributed by atoms with Gasteiger partial charge in [-0.05, 0) is 48.5 Å². The van der Waals surface area contributed by atoms with E-state index in [4.69, 9.17) is 13.6 Å². The van der Waals surface area contributed by atoms with E-state index in [1.807, 2.05) is 12.1 Å². The molecule has 0 aliphatic rings. The van der Waals surface area contributed by atoms with Crippen LogP contribution in [0.1, 0.15) is 6.92 Å². The Morgan fingerprint density at radius 2 is 1.17 bits per heavy atom. The van der Waals surface area contributed by atoms with Crippen LogP contribution in [0.2, 0.25) is 0 Å². The van der Waals surface area contributed by atoms with Gasteiger partial charge < -0.3 is 18.7 Å². The fourth-order valence-corrected chi connectivity index (χ4v) is 3.74.